The fourth-order valence-corrected chi connectivity index (χ4v) is 6.98. The smallest absolute Gasteiger partial charge is 0.408 e. The maximum absolute atomic E-state index is 14.4. The van der Waals surface area contributed by atoms with Gasteiger partial charge in [0.2, 0.25) is 9.84 Å². The van der Waals surface area contributed by atoms with Crippen LogP contribution in [-0.2, 0) is 28.9 Å². The Morgan fingerprint density at radius 2 is 1.84 bits per heavy atom. The van der Waals surface area contributed by atoms with Gasteiger partial charge in [-0.2, -0.15) is 17.6 Å². The summed E-state index contributed by atoms with van der Waals surface area (Å²) in [6.45, 7) is 3.70. The molecule has 3 fully saturated rings. The molecule has 7 nitrogen and oxygen atoms in total. The minimum atomic E-state index is -5.52. The average molecular weight is 488 g/mol. The number of esters is 2. The van der Waals surface area contributed by atoms with E-state index in [9.17, 15) is 35.6 Å². The minimum absolute atomic E-state index is 0.0360. The maximum Gasteiger partial charge on any atom is 0.408 e. The van der Waals surface area contributed by atoms with Gasteiger partial charge in [-0.05, 0) is 45.2 Å². The molecule has 3 aliphatic rings. The van der Waals surface area contributed by atoms with Crippen molar-refractivity contribution < 1.29 is 45.0 Å². The lowest BCUT2D eigenvalue weighted by molar-refractivity contribution is -0.167. The van der Waals surface area contributed by atoms with E-state index < -0.39 is 63.8 Å². The van der Waals surface area contributed by atoms with Crippen molar-refractivity contribution in [1.29, 1.82) is 0 Å². The number of alkyl halides is 4. The van der Waals surface area contributed by atoms with Crippen LogP contribution in [0.5, 0.6) is 0 Å². The van der Waals surface area contributed by atoms with Crippen LogP contribution in [0.2, 0.25) is 0 Å². The van der Waals surface area contributed by atoms with E-state index in [0.717, 1.165) is 11.8 Å². The number of carbonyl (C=O) groups excluding carboxylic acids is 2. The van der Waals surface area contributed by atoms with Gasteiger partial charge >= 0.3 is 23.1 Å². The molecule has 0 N–H and O–H groups in total. The quantitative estimate of drug-likeness (QED) is 0.252. The molecule has 0 amide bonds. The van der Waals surface area contributed by atoms with Crippen molar-refractivity contribution in [2.75, 3.05) is 19.7 Å². The monoisotopic (exact) mass is 487 g/mol. The molecule has 1 saturated heterocycles. The Morgan fingerprint density at radius 1 is 1.22 bits per heavy atom. The Bertz CT molecular complexity index is 847. The number of hydrogen-bond donors (Lipinski definition) is 0. The second-order valence-corrected chi connectivity index (χ2v) is 11.1. The number of ether oxygens (including phenoxy) is 2. The van der Waals surface area contributed by atoms with Crippen LogP contribution in [0.15, 0.2) is 0 Å². The lowest BCUT2D eigenvalue weighted by Gasteiger charge is -2.33. The van der Waals surface area contributed by atoms with Crippen molar-refractivity contribution in [2.24, 2.45) is 23.7 Å². The fraction of sp³-hybridized carbons (Fsp3) is 0.900. The highest BCUT2D eigenvalue weighted by Crippen LogP contribution is 2.57. The molecule has 32 heavy (non-hydrogen) atoms. The second-order valence-electron chi connectivity index (χ2n) is 8.79. The molecule has 6 unspecified atom stereocenters. The largest absolute Gasteiger partial charge is 0.465 e. The van der Waals surface area contributed by atoms with E-state index in [0.29, 0.717) is 12.8 Å². The third kappa shape index (κ3) is 3.91. The van der Waals surface area contributed by atoms with Gasteiger partial charge in [0.25, 0.3) is 0 Å². The maximum atomic E-state index is 14.4. The van der Waals surface area contributed by atoms with Gasteiger partial charge in [0.1, 0.15) is 11.5 Å². The zero-order valence-electron chi connectivity index (χ0n) is 18.2. The number of carbonyl (C=O) groups is 2. The molecule has 0 radical (unpaired) electrons. The molecule has 0 aromatic carbocycles. The van der Waals surface area contributed by atoms with Gasteiger partial charge in [-0.25, -0.2) is 8.42 Å². The first-order chi connectivity index (χ1) is 14.8. The van der Waals surface area contributed by atoms with Gasteiger partial charge in [0.15, 0.2) is 0 Å². The highest BCUT2D eigenvalue weighted by molar-refractivity contribution is 7.93. The summed E-state index contributed by atoms with van der Waals surface area (Å²) in [5.74, 6) is -6.85. The molecule has 3 rings (SSSR count). The van der Waals surface area contributed by atoms with Gasteiger partial charge in [-0.3, -0.25) is 14.5 Å². The van der Waals surface area contributed by atoms with Gasteiger partial charge in [-0.1, -0.05) is 13.8 Å². The van der Waals surface area contributed by atoms with Crippen LogP contribution in [0.3, 0.4) is 0 Å². The molecule has 2 aliphatic carbocycles. The Morgan fingerprint density at radius 3 is 2.44 bits per heavy atom. The molecule has 6 atom stereocenters. The number of halogens is 4. The normalized spacial score (nSPS) is 30.6. The zero-order valence-corrected chi connectivity index (χ0v) is 19.0. The van der Waals surface area contributed by atoms with Crippen molar-refractivity contribution in [3.05, 3.63) is 0 Å². The van der Waals surface area contributed by atoms with Crippen molar-refractivity contribution >= 4 is 21.8 Å². The van der Waals surface area contributed by atoms with E-state index in [-0.39, 0.29) is 36.8 Å². The van der Waals surface area contributed by atoms with Crippen LogP contribution in [-0.4, -0.2) is 67.6 Å². The Kier molecular flexibility index (Phi) is 6.88. The second kappa shape index (κ2) is 8.73. The van der Waals surface area contributed by atoms with E-state index in [1.165, 1.54) is 0 Å². The summed E-state index contributed by atoms with van der Waals surface area (Å²) < 4.78 is 92.2. The minimum Gasteiger partial charge on any atom is -0.465 e. The predicted octanol–water partition coefficient (Wildman–Crippen LogP) is 2.84. The molecule has 0 aromatic rings. The van der Waals surface area contributed by atoms with Crippen molar-refractivity contribution in [1.82, 2.24) is 4.90 Å². The summed E-state index contributed by atoms with van der Waals surface area (Å²) in [5.41, 5.74) is 0. The standard InChI is InChI=1S/C20H29F4NO6S/c1-4-25(5-2)11(3)32(28,29)20(23,24)19(21,22)7-6-8-30-18(27)15-12-9-13-14(10-12)17(26)31-16(13)15/h11-16H,4-10H2,1-3H3. The van der Waals surface area contributed by atoms with E-state index in [1.54, 1.807) is 13.8 Å². The SMILES string of the molecule is CCN(CC)C(C)S(=O)(=O)C(F)(F)C(F)(F)CCCOC(=O)C1C2CC3C(=O)OC1C3C2. The summed E-state index contributed by atoms with van der Waals surface area (Å²) in [7, 11) is -5.52. The number of fused-ring (bicyclic) bond motifs is 1. The highest BCUT2D eigenvalue weighted by atomic mass is 32.2. The van der Waals surface area contributed by atoms with Gasteiger partial charge in [0.05, 0.1) is 18.4 Å². The van der Waals surface area contributed by atoms with Crippen LogP contribution in [0.4, 0.5) is 17.6 Å². The fourth-order valence-electron chi connectivity index (χ4n) is 5.35. The van der Waals surface area contributed by atoms with Crippen LogP contribution < -0.4 is 0 Å². The van der Waals surface area contributed by atoms with Crippen molar-refractivity contribution in [3.8, 4) is 0 Å². The number of hydrogen-bond acceptors (Lipinski definition) is 7. The summed E-state index contributed by atoms with van der Waals surface area (Å²) in [6, 6.07) is 0. The molecular weight excluding hydrogens is 458 g/mol. The predicted molar refractivity (Wildman–Crippen MR) is 104 cm³/mol. The molecule has 0 aromatic heterocycles. The van der Waals surface area contributed by atoms with Crippen molar-refractivity contribution in [3.63, 3.8) is 0 Å². The molecule has 0 spiro atoms. The lowest BCUT2D eigenvalue weighted by atomic mass is 9.82. The molecule has 184 valence electrons. The molecular formula is C20H29F4NO6S. The van der Waals surface area contributed by atoms with Gasteiger partial charge in [0, 0.05) is 12.3 Å². The first-order valence-corrected chi connectivity index (χ1v) is 12.4. The van der Waals surface area contributed by atoms with E-state index in [1.807, 2.05) is 0 Å². The summed E-state index contributed by atoms with van der Waals surface area (Å²) in [6.07, 6.45) is -1.50. The first kappa shape index (κ1) is 25.2. The summed E-state index contributed by atoms with van der Waals surface area (Å²) >= 11 is 0. The Balaban J connectivity index is 1.54. The molecule has 2 bridgehead atoms. The topological polar surface area (TPSA) is 90.0 Å². The Hall–Kier alpha value is -1.43. The zero-order chi connectivity index (χ0) is 24.1. The third-order valence-corrected chi connectivity index (χ3v) is 9.41. The summed E-state index contributed by atoms with van der Waals surface area (Å²) in [5, 5.41) is -7.06. The van der Waals surface area contributed by atoms with E-state index in [2.05, 4.69) is 0 Å². The van der Waals surface area contributed by atoms with Crippen LogP contribution in [0.25, 0.3) is 0 Å². The van der Waals surface area contributed by atoms with E-state index in [4.69, 9.17) is 9.47 Å². The van der Waals surface area contributed by atoms with Gasteiger partial charge in [-0.15, -0.1) is 0 Å². The van der Waals surface area contributed by atoms with Crippen LogP contribution in [0.1, 0.15) is 46.5 Å². The number of rotatable bonds is 11. The van der Waals surface area contributed by atoms with Crippen LogP contribution in [0, 0.1) is 23.7 Å². The molecule has 1 heterocycles. The number of nitrogens with zero attached hydrogens (tertiary/aromatic N) is 1. The molecule has 1 aliphatic heterocycles. The van der Waals surface area contributed by atoms with Crippen molar-refractivity contribution in [2.45, 2.75) is 69.1 Å². The van der Waals surface area contributed by atoms with Crippen LogP contribution >= 0.6 is 0 Å². The average Bonchev–Trinajstić information content (AvgIpc) is 3.35. The van der Waals surface area contributed by atoms with E-state index >= 15 is 0 Å². The summed E-state index contributed by atoms with van der Waals surface area (Å²) in [4.78, 5) is 25.3. The lowest BCUT2D eigenvalue weighted by Crippen LogP contribution is -2.54. The van der Waals surface area contributed by atoms with Gasteiger partial charge < -0.3 is 9.47 Å². The third-order valence-electron chi connectivity index (χ3n) is 7.20. The number of sulfone groups is 1. The first-order valence-electron chi connectivity index (χ1n) is 10.9. The molecule has 12 heteroatoms. The highest BCUT2D eigenvalue weighted by Gasteiger charge is 2.67. The Labute approximate surface area is 184 Å². The molecule has 2 saturated carbocycles.